The molecule has 0 bridgehead atoms. The molecule has 3 aliphatic rings. The minimum Gasteiger partial charge on any atom is -0.493 e. The molecule has 2 N–H and O–H groups in total. The van der Waals surface area contributed by atoms with Crippen LogP contribution in [-0.4, -0.2) is 47.6 Å². The maximum Gasteiger partial charge on any atom is 0.326 e. The Bertz CT molecular complexity index is 1480. The van der Waals surface area contributed by atoms with E-state index in [0.29, 0.717) is 22.4 Å². The molecule has 42 heavy (non-hydrogen) atoms. The molecule has 1 heterocycles. The Balaban J connectivity index is 1.16. The monoisotopic (exact) mass is 610 g/mol. The van der Waals surface area contributed by atoms with E-state index in [1.54, 1.807) is 12.1 Å². The number of carbonyl (C=O) groups excluding carboxylic acids is 1. The van der Waals surface area contributed by atoms with Crippen molar-refractivity contribution < 1.29 is 23.8 Å². The zero-order valence-electron chi connectivity index (χ0n) is 23.3. The number of ether oxygens (including phenoxy) is 1. The Hall–Kier alpha value is -3.13. The van der Waals surface area contributed by atoms with Crippen LogP contribution in [0.4, 0.5) is 4.39 Å². The lowest BCUT2D eigenvalue weighted by Crippen LogP contribution is -2.58. The molecule has 1 aliphatic heterocycles. The highest BCUT2D eigenvalue weighted by atomic mass is 35.5. The average Bonchev–Trinajstić information content (AvgIpc) is 3.84. The van der Waals surface area contributed by atoms with E-state index in [9.17, 15) is 14.7 Å². The number of nitrogens with zero attached hydrogens (tertiary/aromatic N) is 1. The van der Waals surface area contributed by atoms with Gasteiger partial charge < -0.3 is 15.2 Å². The van der Waals surface area contributed by atoms with Crippen LogP contribution in [0.15, 0.2) is 60.7 Å². The number of carbonyl (C=O) groups is 2. The third-order valence-electron chi connectivity index (χ3n) is 8.43. The van der Waals surface area contributed by atoms with Gasteiger partial charge in [0.15, 0.2) is 0 Å². The molecule has 1 amide bonds. The number of halogens is 3. The zero-order chi connectivity index (χ0) is 29.6. The zero-order valence-corrected chi connectivity index (χ0v) is 24.8. The Morgan fingerprint density at radius 3 is 2.29 bits per heavy atom. The van der Waals surface area contributed by atoms with Crippen LogP contribution in [0.3, 0.4) is 0 Å². The molecular weight excluding hydrogens is 578 g/mol. The number of likely N-dealkylation sites (tertiary alicyclic amines) is 1. The van der Waals surface area contributed by atoms with Crippen molar-refractivity contribution in [1.29, 1.82) is 0 Å². The second kappa shape index (κ2) is 11.5. The molecule has 2 aliphatic carbocycles. The molecule has 0 radical (unpaired) electrons. The predicted octanol–water partition coefficient (Wildman–Crippen LogP) is 7.09. The number of aliphatic carboxylic acids is 1. The second-order valence-electron chi connectivity index (χ2n) is 12.3. The maximum atomic E-state index is 15.2. The fourth-order valence-corrected chi connectivity index (χ4v) is 6.60. The lowest BCUT2D eigenvalue weighted by Gasteiger charge is -2.51. The molecule has 2 unspecified atom stereocenters. The molecule has 6 rings (SSSR count). The van der Waals surface area contributed by atoms with Crippen molar-refractivity contribution in [3.8, 4) is 5.75 Å². The van der Waals surface area contributed by atoms with Crippen molar-refractivity contribution in [2.45, 2.75) is 50.6 Å². The van der Waals surface area contributed by atoms with Crippen LogP contribution in [0.2, 0.25) is 10.0 Å². The first-order chi connectivity index (χ1) is 20.1. The molecule has 3 aromatic rings. The molecule has 2 atom stereocenters. The van der Waals surface area contributed by atoms with Gasteiger partial charge in [0.25, 0.3) is 5.91 Å². The number of carboxylic acids is 1. The summed E-state index contributed by atoms with van der Waals surface area (Å²) in [5.41, 5.74) is 2.64. The normalized spacial score (nSPS) is 19.4. The van der Waals surface area contributed by atoms with Crippen molar-refractivity contribution in [3.63, 3.8) is 0 Å². The van der Waals surface area contributed by atoms with Crippen molar-refractivity contribution in [2.24, 2.45) is 11.3 Å². The average molecular weight is 612 g/mol. The van der Waals surface area contributed by atoms with Crippen LogP contribution >= 0.6 is 23.2 Å². The van der Waals surface area contributed by atoms with E-state index in [-0.39, 0.29) is 28.9 Å². The third-order valence-corrected chi connectivity index (χ3v) is 8.87. The van der Waals surface area contributed by atoms with Crippen molar-refractivity contribution in [1.82, 2.24) is 10.2 Å². The first-order valence-electron chi connectivity index (χ1n) is 14.4. The summed E-state index contributed by atoms with van der Waals surface area (Å²) in [6.45, 7) is 4.02. The molecule has 0 aromatic heterocycles. The Labute approximate surface area is 254 Å². The highest BCUT2D eigenvalue weighted by Crippen LogP contribution is 2.46. The number of rotatable bonds is 11. The van der Waals surface area contributed by atoms with Crippen molar-refractivity contribution in [2.75, 3.05) is 19.7 Å². The smallest absolute Gasteiger partial charge is 0.326 e. The van der Waals surface area contributed by atoms with Gasteiger partial charge in [-0.25, -0.2) is 9.18 Å². The summed E-state index contributed by atoms with van der Waals surface area (Å²) < 4.78 is 21.5. The van der Waals surface area contributed by atoms with Crippen LogP contribution in [0.1, 0.15) is 71.6 Å². The summed E-state index contributed by atoms with van der Waals surface area (Å²) in [5.74, 6) is -1.95. The minimum absolute atomic E-state index is 0.0296. The molecule has 1 saturated heterocycles. The van der Waals surface area contributed by atoms with Gasteiger partial charge in [0.1, 0.15) is 17.6 Å². The molecule has 3 fully saturated rings. The molecule has 0 spiro atoms. The summed E-state index contributed by atoms with van der Waals surface area (Å²) in [7, 11) is 0. The summed E-state index contributed by atoms with van der Waals surface area (Å²) in [4.78, 5) is 26.8. The highest BCUT2D eigenvalue weighted by Gasteiger charge is 2.44. The first-order valence-corrected chi connectivity index (χ1v) is 15.1. The van der Waals surface area contributed by atoms with Gasteiger partial charge in [-0.15, -0.1) is 0 Å². The lowest BCUT2D eigenvalue weighted by molar-refractivity contribution is -0.139. The predicted molar refractivity (Wildman–Crippen MR) is 160 cm³/mol. The fraction of sp³-hybridized carbons (Fsp3) is 0.394. The van der Waals surface area contributed by atoms with Gasteiger partial charge in [-0.1, -0.05) is 60.5 Å². The van der Waals surface area contributed by atoms with E-state index in [0.717, 1.165) is 55.5 Å². The third kappa shape index (κ3) is 6.29. The van der Waals surface area contributed by atoms with Gasteiger partial charge >= 0.3 is 5.97 Å². The van der Waals surface area contributed by atoms with Crippen LogP contribution in [0.5, 0.6) is 5.75 Å². The van der Waals surface area contributed by atoms with Gasteiger partial charge in [0, 0.05) is 34.6 Å². The van der Waals surface area contributed by atoms with E-state index < -0.39 is 23.7 Å². The molecule has 2 saturated carbocycles. The van der Waals surface area contributed by atoms with Crippen molar-refractivity contribution in [3.05, 3.63) is 98.8 Å². The first kappa shape index (κ1) is 29.0. The number of hydrogen-bond acceptors (Lipinski definition) is 4. The number of carboxylic acid groups (broad SMARTS) is 1. The van der Waals surface area contributed by atoms with Crippen molar-refractivity contribution >= 4 is 35.1 Å². The quantitative estimate of drug-likeness (QED) is 0.242. The summed E-state index contributed by atoms with van der Waals surface area (Å²) >= 11 is 12.7. The molecule has 9 heteroatoms. The van der Waals surface area contributed by atoms with E-state index in [1.807, 2.05) is 30.3 Å². The Kier molecular flexibility index (Phi) is 7.94. The van der Waals surface area contributed by atoms with E-state index in [4.69, 9.17) is 27.9 Å². The number of amides is 1. The molecule has 3 aromatic carbocycles. The van der Waals surface area contributed by atoms with E-state index in [1.165, 1.54) is 6.07 Å². The highest BCUT2D eigenvalue weighted by molar-refractivity contribution is 6.34. The minimum atomic E-state index is -1.09. The fourth-order valence-electron chi connectivity index (χ4n) is 6.06. The summed E-state index contributed by atoms with van der Waals surface area (Å²) in [5, 5.41) is 13.2. The Morgan fingerprint density at radius 2 is 1.69 bits per heavy atom. The topological polar surface area (TPSA) is 78.9 Å². The second-order valence-corrected chi connectivity index (χ2v) is 13.2. The van der Waals surface area contributed by atoms with E-state index >= 15 is 4.39 Å². The Morgan fingerprint density at radius 1 is 1.02 bits per heavy atom. The van der Waals surface area contributed by atoms with Crippen LogP contribution in [0.25, 0.3) is 0 Å². The van der Waals surface area contributed by atoms with E-state index in [2.05, 4.69) is 29.3 Å². The maximum absolute atomic E-state index is 15.2. The number of hydrogen-bond donors (Lipinski definition) is 2. The molecule has 6 nitrogen and oxygen atoms in total. The lowest BCUT2D eigenvalue weighted by atomic mass is 9.79. The van der Waals surface area contributed by atoms with Gasteiger partial charge in [-0.2, -0.15) is 0 Å². The van der Waals surface area contributed by atoms with Gasteiger partial charge in [-0.3, -0.25) is 9.69 Å². The van der Waals surface area contributed by atoms with Gasteiger partial charge in [-0.05, 0) is 78.5 Å². The molecule has 220 valence electrons. The SMILES string of the molecule is CC1(COc2cc(F)c(C(=O)NC(C(=O)O)C3CC3)cc2C2CC2)CN(C(c2ccccc2)c2cc(Cl)cc(Cl)c2)C1. The summed E-state index contributed by atoms with van der Waals surface area (Å²) in [6, 6.07) is 17.6. The largest absolute Gasteiger partial charge is 0.493 e. The van der Waals surface area contributed by atoms with Crippen LogP contribution in [-0.2, 0) is 4.79 Å². The molecular formula is C33H33Cl2FN2O4. The summed E-state index contributed by atoms with van der Waals surface area (Å²) in [6.07, 6.45) is 3.37. The van der Waals surface area contributed by atoms with Gasteiger partial charge in [0.05, 0.1) is 18.2 Å². The number of benzene rings is 3. The van der Waals surface area contributed by atoms with Gasteiger partial charge in [0.2, 0.25) is 0 Å². The standard InChI is InChI=1S/C33H33Cl2FN2O4/c1-33(16-38(17-33)30(21-5-3-2-4-6-21)22-11-23(34)13-24(35)12-22)18-42-28-15-27(36)26(14-25(28)19-7-8-19)31(39)37-29(32(40)41)20-9-10-20/h2-6,11-15,19-20,29-30H,7-10,16-18H2,1H3,(H,37,39)(H,40,41). The van der Waals surface area contributed by atoms with Crippen LogP contribution in [0, 0.1) is 17.2 Å². The number of nitrogens with one attached hydrogen (secondary N) is 1. The van der Waals surface area contributed by atoms with Crippen LogP contribution < -0.4 is 10.1 Å².